The van der Waals surface area contributed by atoms with Gasteiger partial charge in [0.2, 0.25) is 12.0 Å². The summed E-state index contributed by atoms with van der Waals surface area (Å²) in [5, 5.41) is 4.61. The highest BCUT2D eigenvalue weighted by Gasteiger charge is 2.51. The molecule has 62 heavy (non-hydrogen) atoms. The lowest BCUT2D eigenvalue weighted by molar-refractivity contribution is -0.139. The van der Waals surface area contributed by atoms with Gasteiger partial charge in [-0.1, -0.05) is 71.7 Å². The molecule has 2 spiro atoms. The molecule has 3 amide bonds. The first kappa shape index (κ1) is 46.3. The van der Waals surface area contributed by atoms with Crippen molar-refractivity contribution < 1.29 is 45.5 Å². The number of halogens is 8. The molecule has 0 radical (unpaired) electrons. The molecule has 0 aliphatic carbocycles. The number of fused-ring (bicyclic) bond motifs is 4. The molecule has 328 valence electrons. The highest BCUT2D eigenvalue weighted by Crippen LogP contribution is 2.49. The van der Waals surface area contributed by atoms with Gasteiger partial charge in [0.25, 0.3) is 11.8 Å². The molecule has 0 saturated carbocycles. The molecule has 0 aromatic heterocycles. The van der Waals surface area contributed by atoms with Crippen molar-refractivity contribution in [2.24, 2.45) is 4.99 Å². The van der Waals surface area contributed by atoms with Gasteiger partial charge in [-0.2, -0.15) is 26.3 Å². The van der Waals surface area contributed by atoms with Crippen molar-refractivity contribution in [2.45, 2.75) is 68.5 Å². The third-order valence-corrected chi connectivity index (χ3v) is 12.9. The lowest BCUT2D eigenvalue weighted by Gasteiger charge is -2.44. The monoisotopic (exact) mass is 901 g/mol. The van der Waals surface area contributed by atoms with Crippen LogP contribution in [0.2, 0.25) is 10.0 Å². The molecule has 2 fully saturated rings. The molecule has 4 aromatic rings. The Hall–Kier alpha value is -5.21. The summed E-state index contributed by atoms with van der Waals surface area (Å²) in [5.74, 6) is -0.163. The quantitative estimate of drug-likeness (QED) is 0.122. The van der Waals surface area contributed by atoms with Gasteiger partial charge in [0.1, 0.15) is 0 Å². The van der Waals surface area contributed by atoms with Crippen LogP contribution in [0, 0.1) is 0 Å². The average Bonchev–Trinajstić information content (AvgIpc) is 3.59. The second-order valence-corrected chi connectivity index (χ2v) is 16.3. The predicted molar refractivity (Wildman–Crippen MR) is 221 cm³/mol. The Morgan fingerprint density at radius 3 is 1.63 bits per heavy atom. The van der Waals surface area contributed by atoms with Crippen LogP contribution in [0.3, 0.4) is 0 Å². The molecular weight excluding hydrogens is 859 g/mol. The van der Waals surface area contributed by atoms with Gasteiger partial charge in [0.15, 0.2) is 0 Å². The number of hydrogen-bond donors (Lipinski definition) is 1. The van der Waals surface area contributed by atoms with Crippen LogP contribution < -0.4 is 5.32 Å². The number of aliphatic imine (C=N–C) groups is 1. The average molecular weight is 903 g/mol. The first-order valence-electron chi connectivity index (χ1n) is 19.8. The molecule has 8 rings (SSSR count). The number of hydrogen-bond acceptors (Lipinski definition) is 6. The predicted octanol–water partition coefficient (Wildman–Crippen LogP) is 9.44. The molecule has 4 aliphatic heterocycles. The molecule has 0 atom stereocenters. The number of aryl methyl sites for hydroxylation is 1. The van der Waals surface area contributed by atoms with E-state index in [0.717, 1.165) is 59.8 Å². The van der Waals surface area contributed by atoms with Crippen molar-refractivity contribution in [1.82, 2.24) is 20.0 Å². The van der Waals surface area contributed by atoms with Gasteiger partial charge in [-0.15, -0.1) is 0 Å². The molecule has 4 aromatic carbocycles. The molecule has 1 N–H and O–H groups in total. The van der Waals surface area contributed by atoms with E-state index in [1.807, 2.05) is 30.1 Å². The summed E-state index contributed by atoms with van der Waals surface area (Å²) in [6.45, 7) is 2.41. The Kier molecular flexibility index (Phi) is 13.9. The lowest BCUT2D eigenvalue weighted by atomic mass is 9.80. The second-order valence-electron chi connectivity index (χ2n) is 15.5. The molecule has 0 bridgehead atoms. The van der Waals surface area contributed by atoms with Gasteiger partial charge < -0.3 is 20.0 Å². The number of piperidine rings is 2. The van der Waals surface area contributed by atoms with Gasteiger partial charge >= 0.3 is 12.4 Å². The molecule has 9 nitrogen and oxygen atoms in total. The second kappa shape index (κ2) is 18.6. The Bertz CT molecular complexity index is 2370. The van der Waals surface area contributed by atoms with E-state index in [0.29, 0.717) is 36.5 Å². The SMILES string of the molecule is CN1C(=O)c2cccc(Cl)c2C12CCN(C(=O)CCc1ccccc1C(F)(F)F)CC2.CN1C(=O)c2cccc(Cl)c2C12CCNCC2.O=C=NCc1ccccc1C(F)(F)F. The van der Waals surface area contributed by atoms with E-state index in [9.17, 15) is 45.5 Å². The fourth-order valence-corrected chi connectivity index (χ4v) is 9.74. The van der Waals surface area contributed by atoms with E-state index in [2.05, 4.69) is 10.3 Å². The van der Waals surface area contributed by atoms with Crippen molar-refractivity contribution in [3.63, 3.8) is 0 Å². The summed E-state index contributed by atoms with van der Waals surface area (Å²) in [5.41, 5.74) is 1.13. The molecule has 4 aliphatic rings. The number of rotatable bonds is 5. The van der Waals surface area contributed by atoms with Gasteiger partial charge in [-0.3, -0.25) is 14.4 Å². The van der Waals surface area contributed by atoms with Crippen LogP contribution in [-0.2, 0) is 46.0 Å². The minimum absolute atomic E-state index is 0.00616. The van der Waals surface area contributed by atoms with Crippen molar-refractivity contribution in [3.8, 4) is 0 Å². The third kappa shape index (κ3) is 9.13. The van der Waals surface area contributed by atoms with Crippen molar-refractivity contribution in [1.29, 1.82) is 0 Å². The number of isocyanates is 1. The molecular formula is C45H43Cl2F6N5O4. The van der Waals surface area contributed by atoms with Gasteiger partial charge in [-0.05, 0) is 92.7 Å². The number of benzene rings is 4. The normalized spacial score (nSPS) is 17.4. The van der Waals surface area contributed by atoms with Crippen molar-refractivity contribution in [3.05, 3.63) is 139 Å². The molecule has 4 heterocycles. The zero-order valence-electron chi connectivity index (χ0n) is 33.8. The number of carbonyl (C=O) groups is 3. The summed E-state index contributed by atoms with van der Waals surface area (Å²) in [6.07, 6.45) is -4.66. The topological polar surface area (TPSA) is 102 Å². The number of carbonyl (C=O) groups excluding carboxylic acids is 4. The number of alkyl halides is 6. The smallest absolute Gasteiger partial charge is 0.342 e. The fraction of sp³-hybridized carbons (Fsp3) is 0.378. The zero-order valence-corrected chi connectivity index (χ0v) is 35.3. The Morgan fingerprint density at radius 1 is 0.694 bits per heavy atom. The molecule has 2 saturated heterocycles. The maximum absolute atomic E-state index is 13.2. The number of nitrogens with one attached hydrogen (secondary N) is 1. The van der Waals surface area contributed by atoms with Crippen LogP contribution in [0.5, 0.6) is 0 Å². The van der Waals surface area contributed by atoms with E-state index in [1.54, 1.807) is 41.1 Å². The van der Waals surface area contributed by atoms with Crippen molar-refractivity contribution >= 4 is 47.0 Å². The van der Waals surface area contributed by atoms with Gasteiger partial charge in [0, 0.05) is 65.9 Å². The number of amides is 3. The van der Waals surface area contributed by atoms with Crippen molar-refractivity contribution in [2.75, 3.05) is 40.3 Å². The number of likely N-dealkylation sites (tertiary alicyclic amines) is 1. The van der Waals surface area contributed by atoms with Crippen LogP contribution in [0.25, 0.3) is 0 Å². The van der Waals surface area contributed by atoms with Crippen LogP contribution in [-0.4, -0.2) is 78.8 Å². The fourth-order valence-electron chi connectivity index (χ4n) is 9.04. The van der Waals surface area contributed by atoms with E-state index in [4.69, 9.17) is 23.2 Å². The van der Waals surface area contributed by atoms with E-state index in [-0.39, 0.29) is 53.8 Å². The minimum atomic E-state index is -4.44. The molecule has 17 heteroatoms. The van der Waals surface area contributed by atoms with Crippen LogP contribution >= 0.6 is 23.2 Å². The zero-order chi connectivity index (χ0) is 45.0. The van der Waals surface area contributed by atoms with E-state index >= 15 is 0 Å². The Labute approximate surface area is 364 Å². The number of nitrogens with zero attached hydrogens (tertiary/aromatic N) is 4. The van der Waals surface area contributed by atoms with E-state index < -0.39 is 29.0 Å². The standard InChI is InChI=1S/C23H22ClF3N2O2.C13H15ClN2O.C9H6F3NO/c1-28-21(31)16-6-4-8-18(24)20(16)22(28)11-13-29(14-12-22)19(30)10-9-15-5-2-3-7-17(15)23(25,26)27;1-16-12(17)9-3-2-4-10(14)11(9)13(16)5-7-15-8-6-13;10-9(11,12)8-4-2-1-3-7(8)5-13-6-14/h2-8H,9-14H2,1H3;2-4,15H,5-8H2,1H3;1-4H,5H2. The maximum Gasteiger partial charge on any atom is 0.416 e. The first-order chi connectivity index (χ1) is 29.4. The summed E-state index contributed by atoms with van der Waals surface area (Å²) in [6, 6.07) is 21.3. The van der Waals surface area contributed by atoms with Gasteiger partial charge in [-0.25, -0.2) is 9.79 Å². The molecule has 0 unspecified atom stereocenters. The lowest BCUT2D eigenvalue weighted by Crippen LogP contribution is -2.51. The van der Waals surface area contributed by atoms with Crippen LogP contribution in [0.15, 0.2) is 89.9 Å². The third-order valence-electron chi connectivity index (χ3n) is 12.3. The summed E-state index contributed by atoms with van der Waals surface area (Å²) < 4.78 is 76.5. The van der Waals surface area contributed by atoms with Crippen LogP contribution in [0.1, 0.15) is 86.2 Å². The Balaban J connectivity index is 0.000000173. The van der Waals surface area contributed by atoms with Crippen LogP contribution in [0.4, 0.5) is 26.3 Å². The summed E-state index contributed by atoms with van der Waals surface area (Å²) in [4.78, 5) is 55.9. The largest absolute Gasteiger partial charge is 0.416 e. The minimum Gasteiger partial charge on any atom is -0.342 e. The summed E-state index contributed by atoms with van der Waals surface area (Å²) >= 11 is 12.8. The highest BCUT2D eigenvalue weighted by molar-refractivity contribution is 6.32. The van der Waals surface area contributed by atoms with Gasteiger partial charge in [0.05, 0.1) is 28.7 Å². The van der Waals surface area contributed by atoms with E-state index in [1.165, 1.54) is 36.4 Å². The Morgan fingerprint density at radius 2 is 1.15 bits per heavy atom. The first-order valence-corrected chi connectivity index (χ1v) is 20.6. The maximum atomic E-state index is 13.2. The summed E-state index contributed by atoms with van der Waals surface area (Å²) in [7, 11) is 3.65. The highest BCUT2D eigenvalue weighted by atomic mass is 35.5.